The van der Waals surface area contributed by atoms with Crippen molar-refractivity contribution in [3.8, 4) is 0 Å². The highest BCUT2D eigenvalue weighted by Gasteiger charge is 2.16. The summed E-state index contributed by atoms with van der Waals surface area (Å²) in [5.41, 5.74) is 0. The van der Waals surface area contributed by atoms with Gasteiger partial charge in [-0.05, 0) is 19.8 Å². The van der Waals surface area contributed by atoms with E-state index in [1.54, 1.807) is 7.11 Å². The topological polar surface area (TPSA) is 50.4 Å². The Labute approximate surface area is 99.1 Å². The van der Waals surface area contributed by atoms with Crippen molar-refractivity contribution in [1.82, 2.24) is 10.6 Å². The molecule has 16 heavy (non-hydrogen) atoms. The van der Waals surface area contributed by atoms with Crippen molar-refractivity contribution < 1.29 is 9.53 Å². The Bertz CT molecular complexity index is 180. The van der Waals surface area contributed by atoms with Crippen molar-refractivity contribution in [2.45, 2.75) is 52.1 Å². The van der Waals surface area contributed by atoms with E-state index in [0.717, 1.165) is 25.8 Å². The van der Waals surface area contributed by atoms with Crippen LogP contribution >= 0.6 is 0 Å². The lowest BCUT2D eigenvalue weighted by Crippen LogP contribution is -2.48. The molecule has 0 heterocycles. The van der Waals surface area contributed by atoms with Crippen LogP contribution in [-0.2, 0) is 9.53 Å². The van der Waals surface area contributed by atoms with E-state index >= 15 is 0 Å². The van der Waals surface area contributed by atoms with Crippen LogP contribution in [0.3, 0.4) is 0 Å². The molecule has 4 heteroatoms. The zero-order chi connectivity index (χ0) is 12.4. The van der Waals surface area contributed by atoms with Crippen LogP contribution in [-0.4, -0.2) is 38.3 Å². The molecule has 4 nitrogen and oxygen atoms in total. The minimum absolute atomic E-state index is 0.0686. The number of nitrogens with one attached hydrogen (secondary N) is 2. The van der Waals surface area contributed by atoms with Gasteiger partial charge in [0, 0.05) is 19.7 Å². The van der Waals surface area contributed by atoms with Crippen LogP contribution in [0.1, 0.15) is 40.0 Å². The number of ether oxygens (including phenoxy) is 1. The second-order valence-corrected chi connectivity index (χ2v) is 4.12. The molecule has 0 fully saturated rings. The third-order valence-corrected chi connectivity index (χ3v) is 2.43. The van der Waals surface area contributed by atoms with Gasteiger partial charge in [-0.3, -0.25) is 4.79 Å². The number of amides is 1. The molecule has 1 amide bonds. The quantitative estimate of drug-likeness (QED) is 0.628. The predicted molar refractivity (Wildman–Crippen MR) is 66.5 cm³/mol. The maximum absolute atomic E-state index is 11.6. The Morgan fingerprint density at radius 2 is 2.00 bits per heavy atom. The molecule has 96 valence electrons. The number of methoxy groups -OCH3 is 1. The first kappa shape index (κ1) is 15.4. The Balaban J connectivity index is 3.95. The second kappa shape index (κ2) is 9.60. The van der Waals surface area contributed by atoms with Gasteiger partial charge in [0.2, 0.25) is 5.91 Å². The van der Waals surface area contributed by atoms with Crippen LogP contribution in [0.25, 0.3) is 0 Å². The highest BCUT2D eigenvalue weighted by Crippen LogP contribution is 1.99. The van der Waals surface area contributed by atoms with Gasteiger partial charge in [-0.15, -0.1) is 0 Å². The fourth-order valence-electron chi connectivity index (χ4n) is 1.59. The third kappa shape index (κ3) is 6.80. The Hall–Kier alpha value is -0.610. The van der Waals surface area contributed by atoms with Gasteiger partial charge in [0.05, 0.1) is 12.6 Å². The van der Waals surface area contributed by atoms with Crippen molar-refractivity contribution in [2.24, 2.45) is 0 Å². The van der Waals surface area contributed by atoms with Crippen LogP contribution < -0.4 is 10.6 Å². The van der Waals surface area contributed by atoms with Gasteiger partial charge in [0.25, 0.3) is 0 Å². The van der Waals surface area contributed by atoms with E-state index in [0.29, 0.717) is 6.61 Å². The summed E-state index contributed by atoms with van der Waals surface area (Å²) in [6.07, 6.45) is 3.08. The first-order valence-corrected chi connectivity index (χ1v) is 6.18. The lowest BCUT2D eigenvalue weighted by Gasteiger charge is -2.21. The molecule has 0 aromatic rings. The summed E-state index contributed by atoms with van der Waals surface area (Å²) in [7, 11) is 1.69. The predicted octanol–water partition coefficient (Wildman–Crippen LogP) is 1.31. The molecule has 0 aliphatic carbocycles. The summed E-state index contributed by atoms with van der Waals surface area (Å²) in [5, 5.41) is 6.17. The van der Waals surface area contributed by atoms with Crippen LogP contribution in [0, 0.1) is 0 Å². The lowest BCUT2D eigenvalue weighted by molar-refractivity contribution is -0.123. The maximum Gasteiger partial charge on any atom is 0.236 e. The zero-order valence-corrected chi connectivity index (χ0v) is 11.0. The second-order valence-electron chi connectivity index (χ2n) is 4.12. The van der Waals surface area contributed by atoms with Crippen LogP contribution in [0.5, 0.6) is 0 Å². The van der Waals surface area contributed by atoms with Crippen LogP contribution in [0.15, 0.2) is 0 Å². The SMILES string of the molecule is CCCNC(=O)C(C)NC(CCC)COC. The number of carbonyl (C=O) groups is 1. The maximum atomic E-state index is 11.6. The largest absolute Gasteiger partial charge is 0.383 e. The molecular weight excluding hydrogens is 204 g/mol. The summed E-state index contributed by atoms with van der Waals surface area (Å²) in [4.78, 5) is 11.6. The van der Waals surface area contributed by atoms with Gasteiger partial charge < -0.3 is 15.4 Å². The van der Waals surface area contributed by atoms with Crippen molar-refractivity contribution in [3.05, 3.63) is 0 Å². The molecule has 0 bridgehead atoms. The molecule has 0 aromatic heterocycles. The molecule has 2 unspecified atom stereocenters. The average molecular weight is 230 g/mol. The van der Waals surface area contributed by atoms with Crippen LogP contribution in [0.2, 0.25) is 0 Å². The van der Waals surface area contributed by atoms with Crippen molar-refractivity contribution in [2.75, 3.05) is 20.3 Å². The lowest BCUT2D eigenvalue weighted by atomic mass is 10.1. The highest BCUT2D eigenvalue weighted by atomic mass is 16.5. The van der Waals surface area contributed by atoms with Crippen molar-refractivity contribution in [3.63, 3.8) is 0 Å². The minimum atomic E-state index is -0.154. The molecule has 0 aliphatic rings. The molecule has 0 aliphatic heterocycles. The summed E-state index contributed by atoms with van der Waals surface area (Å²) in [5.74, 6) is 0.0686. The molecule has 2 atom stereocenters. The van der Waals surface area contributed by atoms with E-state index in [-0.39, 0.29) is 18.0 Å². The van der Waals surface area contributed by atoms with E-state index in [2.05, 4.69) is 17.6 Å². The molecule has 0 saturated heterocycles. The summed E-state index contributed by atoms with van der Waals surface area (Å²) >= 11 is 0. The summed E-state index contributed by atoms with van der Waals surface area (Å²) < 4.78 is 5.12. The molecule has 2 N–H and O–H groups in total. The fraction of sp³-hybridized carbons (Fsp3) is 0.917. The first-order valence-electron chi connectivity index (χ1n) is 6.18. The molecule has 0 rings (SSSR count). The number of hydrogen-bond donors (Lipinski definition) is 2. The summed E-state index contributed by atoms with van der Waals surface area (Å²) in [6, 6.07) is 0.107. The smallest absolute Gasteiger partial charge is 0.236 e. The van der Waals surface area contributed by atoms with E-state index in [9.17, 15) is 4.79 Å². The van der Waals surface area contributed by atoms with Gasteiger partial charge in [-0.25, -0.2) is 0 Å². The Kier molecular flexibility index (Phi) is 9.24. The fourth-order valence-corrected chi connectivity index (χ4v) is 1.59. The normalized spacial score (nSPS) is 14.5. The molecular formula is C12H26N2O2. The van der Waals surface area contributed by atoms with Gasteiger partial charge in [0.1, 0.15) is 0 Å². The highest BCUT2D eigenvalue weighted by molar-refractivity contribution is 5.81. The molecule has 0 radical (unpaired) electrons. The minimum Gasteiger partial charge on any atom is -0.383 e. The number of carbonyl (C=O) groups excluding carboxylic acids is 1. The average Bonchev–Trinajstić information content (AvgIpc) is 2.26. The molecule has 0 saturated carbocycles. The van der Waals surface area contributed by atoms with E-state index < -0.39 is 0 Å². The van der Waals surface area contributed by atoms with Crippen LogP contribution in [0.4, 0.5) is 0 Å². The van der Waals surface area contributed by atoms with Gasteiger partial charge in [0.15, 0.2) is 0 Å². The third-order valence-electron chi connectivity index (χ3n) is 2.43. The monoisotopic (exact) mass is 230 g/mol. The van der Waals surface area contributed by atoms with E-state index in [4.69, 9.17) is 4.74 Å². The van der Waals surface area contributed by atoms with Gasteiger partial charge in [-0.2, -0.15) is 0 Å². The van der Waals surface area contributed by atoms with Crippen molar-refractivity contribution >= 4 is 5.91 Å². The van der Waals surface area contributed by atoms with E-state index in [1.807, 2.05) is 13.8 Å². The number of rotatable bonds is 9. The Morgan fingerprint density at radius 1 is 1.31 bits per heavy atom. The molecule has 0 aromatic carbocycles. The Morgan fingerprint density at radius 3 is 2.50 bits per heavy atom. The standard InChI is InChI=1S/C12H26N2O2/c1-5-7-11(9-16-4)14-10(3)12(15)13-8-6-2/h10-11,14H,5-9H2,1-4H3,(H,13,15). The first-order chi connectivity index (χ1) is 7.65. The van der Waals surface area contributed by atoms with Gasteiger partial charge >= 0.3 is 0 Å². The zero-order valence-electron chi connectivity index (χ0n) is 11.0. The number of hydrogen-bond acceptors (Lipinski definition) is 3. The molecule has 0 spiro atoms. The van der Waals surface area contributed by atoms with Crippen molar-refractivity contribution in [1.29, 1.82) is 0 Å². The van der Waals surface area contributed by atoms with E-state index in [1.165, 1.54) is 0 Å². The summed E-state index contributed by atoms with van der Waals surface area (Å²) in [6.45, 7) is 7.46. The van der Waals surface area contributed by atoms with Gasteiger partial charge in [-0.1, -0.05) is 20.3 Å².